The third kappa shape index (κ3) is 3.27. The van der Waals surface area contributed by atoms with Gasteiger partial charge in [0.25, 0.3) is 0 Å². The van der Waals surface area contributed by atoms with Gasteiger partial charge in [0.05, 0.1) is 10.6 Å². The molecule has 0 N–H and O–H groups in total. The molecule has 0 spiro atoms. The van der Waals surface area contributed by atoms with Crippen molar-refractivity contribution >= 4 is 43.2 Å². The Morgan fingerprint density at radius 2 is 1.58 bits per heavy atom. The lowest BCUT2D eigenvalue weighted by molar-refractivity contribution is 0.596. The van der Waals surface area contributed by atoms with Crippen LogP contribution in [0.2, 0.25) is 0 Å². The first-order chi connectivity index (χ1) is 15.9. The first kappa shape index (κ1) is 20.2. The van der Waals surface area contributed by atoms with Crippen LogP contribution in [0.5, 0.6) is 0 Å². The molecule has 2 nitrogen and oxygen atoms in total. The van der Waals surface area contributed by atoms with Gasteiger partial charge in [-0.1, -0.05) is 63.2 Å². The minimum atomic E-state index is 0.0364. The fourth-order valence-electron chi connectivity index (χ4n) is 4.78. The van der Waals surface area contributed by atoms with Gasteiger partial charge < -0.3 is 4.42 Å². The summed E-state index contributed by atoms with van der Waals surface area (Å²) >= 11 is 1.77. The van der Waals surface area contributed by atoms with Crippen molar-refractivity contribution in [1.82, 2.24) is 4.98 Å². The van der Waals surface area contributed by atoms with Crippen molar-refractivity contribution in [2.45, 2.75) is 33.1 Å². The molecule has 3 heteroatoms. The van der Waals surface area contributed by atoms with E-state index in [9.17, 15) is 0 Å². The molecule has 6 rings (SSSR count). The van der Waals surface area contributed by atoms with Crippen molar-refractivity contribution in [3.63, 3.8) is 0 Å². The van der Waals surface area contributed by atoms with Gasteiger partial charge in [-0.3, -0.25) is 4.98 Å². The van der Waals surface area contributed by atoms with Crippen molar-refractivity contribution in [2.75, 3.05) is 0 Å². The Kier molecular flexibility index (Phi) is 4.46. The first-order valence-corrected chi connectivity index (χ1v) is 12.1. The van der Waals surface area contributed by atoms with E-state index < -0.39 is 0 Å². The summed E-state index contributed by atoms with van der Waals surface area (Å²) in [5.74, 6) is 0.956. The Hall–Kier alpha value is -3.43. The van der Waals surface area contributed by atoms with Crippen LogP contribution in [0.3, 0.4) is 0 Å². The van der Waals surface area contributed by atoms with Crippen molar-refractivity contribution in [3.8, 4) is 21.9 Å². The van der Waals surface area contributed by atoms with Crippen LogP contribution in [0, 0.1) is 6.92 Å². The van der Waals surface area contributed by atoms with E-state index in [2.05, 4.69) is 88.4 Å². The third-order valence-electron chi connectivity index (χ3n) is 6.46. The Morgan fingerprint density at radius 1 is 0.818 bits per heavy atom. The van der Waals surface area contributed by atoms with Gasteiger partial charge in [-0.05, 0) is 59.0 Å². The predicted molar refractivity (Wildman–Crippen MR) is 141 cm³/mol. The highest BCUT2D eigenvalue weighted by molar-refractivity contribution is 7.22. The van der Waals surface area contributed by atoms with E-state index in [-0.39, 0.29) is 5.41 Å². The lowest BCUT2D eigenvalue weighted by Gasteiger charge is -2.22. The van der Waals surface area contributed by atoms with Gasteiger partial charge in [-0.25, -0.2) is 0 Å². The highest BCUT2D eigenvalue weighted by atomic mass is 32.1. The standard InChI is InChI=1S/C30H25NOS/c1-18-21-10-7-8-12-25(21)32-29(18)27-17-23-26(33-27)13-14-31-28(23)20-15-19-9-5-6-11-22(19)24(16-20)30(2,3)4/h5-17H,1-4H3. The zero-order valence-corrected chi connectivity index (χ0v) is 20.1. The summed E-state index contributed by atoms with van der Waals surface area (Å²) in [7, 11) is 0. The normalized spacial score (nSPS) is 12.2. The maximum Gasteiger partial charge on any atom is 0.148 e. The van der Waals surface area contributed by atoms with Gasteiger partial charge in [0, 0.05) is 32.8 Å². The maximum absolute atomic E-state index is 6.27. The number of para-hydroxylation sites is 1. The molecule has 3 aromatic heterocycles. The Labute approximate surface area is 197 Å². The molecule has 3 aromatic carbocycles. The zero-order chi connectivity index (χ0) is 22.7. The monoisotopic (exact) mass is 447 g/mol. The second-order valence-corrected chi connectivity index (χ2v) is 10.8. The third-order valence-corrected chi connectivity index (χ3v) is 7.56. The van der Waals surface area contributed by atoms with Crippen molar-refractivity contribution in [1.29, 1.82) is 0 Å². The molecule has 0 fully saturated rings. The molecule has 0 radical (unpaired) electrons. The number of furan rings is 1. The number of hydrogen-bond acceptors (Lipinski definition) is 3. The van der Waals surface area contributed by atoms with Crippen molar-refractivity contribution in [3.05, 3.63) is 90.1 Å². The second kappa shape index (κ2) is 7.29. The highest BCUT2D eigenvalue weighted by Gasteiger charge is 2.21. The molecule has 0 saturated carbocycles. The molecule has 6 aromatic rings. The van der Waals surface area contributed by atoms with Gasteiger partial charge in [0.2, 0.25) is 0 Å². The van der Waals surface area contributed by atoms with Gasteiger partial charge in [-0.2, -0.15) is 0 Å². The van der Waals surface area contributed by atoms with E-state index in [1.54, 1.807) is 11.3 Å². The molecule has 0 aliphatic rings. The van der Waals surface area contributed by atoms with E-state index in [1.165, 1.54) is 37.4 Å². The zero-order valence-electron chi connectivity index (χ0n) is 19.3. The smallest absolute Gasteiger partial charge is 0.148 e. The molecule has 0 unspecified atom stereocenters. The summed E-state index contributed by atoms with van der Waals surface area (Å²) in [6.45, 7) is 8.97. The summed E-state index contributed by atoms with van der Waals surface area (Å²) in [6.07, 6.45) is 1.93. The van der Waals surface area contributed by atoms with Crippen LogP contribution < -0.4 is 0 Å². The fourth-order valence-corrected chi connectivity index (χ4v) is 5.88. The van der Waals surface area contributed by atoms with Gasteiger partial charge in [-0.15, -0.1) is 11.3 Å². The minimum Gasteiger partial charge on any atom is -0.455 e. The Balaban J connectivity index is 1.58. The summed E-state index contributed by atoms with van der Waals surface area (Å²) in [5.41, 5.74) is 5.69. The number of rotatable bonds is 2. The van der Waals surface area contributed by atoms with Gasteiger partial charge in [0.15, 0.2) is 0 Å². The number of nitrogens with zero attached hydrogens (tertiary/aromatic N) is 1. The topological polar surface area (TPSA) is 26.0 Å². The molecule has 33 heavy (non-hydrogen) atoms. The molecule has 0 amide bonds. The second-order valence-electron chi connectivity index (χ2n) is 9.73. The molecule has 0 aliphatic heterocycles. The average molecular weight is 448 g/mol. The number of benzene rings is 3. The SMILES string of the molecule is Cc1c(-c2cc3c(-c4cc(C(C)(C)C)c5ccccc5c4)nccc3s2)oc2ccccc12. The first-order valence-electron chi connectivity index (χ1n) is 11.3. The van der Waals surface area contributed by atoms with Gasteiger partial charge >= 0.3 is 0 Å². The van der Waals surface area contributed by atoms with Crippen LogP contribution in [-0.2, 0) is 5.41 Å². The average Bonchev–Trinajstić information content (AvgIpc) is 3.39. The van der Waals surface area contributed by atoms with E-state index in [0.29, 0.717) is 0 Å². The highest BCUT2D eigenvalue weighted by Crippen LogP contribution is 2.42. The molecular weight excluding hydrogens is 422 g/mol. The molecule has 162 valence electrons. The fraction of sp³-hybridized carbons (Fsp3) is 0.167. The van der Waals surface area contributed by atoms with E-state index in [0.717, 1.165) is 27.5 Å². The van der Waals surface area contributed by atoms with Crippen molar-refractivity contribution in [2.24, 2.45) is 0 Å². The number of fused-ring (bicyclic) bond motifs is 3. The van der Waals surface area contributed by atoms with Crippen molar-refractivity contribution < 1.29 is 4.42 Å². The van der Waals surface area contributed by atoms with Crippen LogP contribution in [-0.4, -0.2) is 4.98 Å². The number of aromatic nitrogens is 1. The summed E-state index contributed by atoms with van der Waals surface area (Å²) in [4.78, 5) is 6.00. The largest absolute Gasteiger partial charge is 0.455 e. The number of thiophene rings is 1. The van der Waals surface area contributed by atoms with E-state index in [4.69, 9.17) is 9.40 Å². The predicted octanol–water partition coefficient (Wildman–Crippen LogP) is 9.14. The Bertz CT molecular complexity index is 1660. The Morgan fingerprint density at radius 3 is 2.36 bits per heavy atom. The minimum absolute atomic E-state index is 0.0364. The quantitative estimate of drug-likeness (QED) is 0.264. The van der Waals surface area contributed by atoms with Crippen LogP contribution in [0.15, 0.2) is 83.4 Å². The molecule has 0 bridgehead atoms. The number of pyridine rings is 1. The van der Waals surface area contributed by atoms with Crippen LogP contribution in [0.1, 0.15) is 31.9 Å². The van der Waals surface area contributed by atoms with E-state index in [1.807, 2.05) is 18.3 Å². The molecule has 0 atom stereocenters. The lowest BCUT2D eigenvalue weighted by Crippen LogP contribution is -2.12. The van der Waals surface area contributed by atoms with Crippen LogP contribution >= 0.6 is 11.3 Å². The van der Waals surface area contributed by atoms with E-state index >= 15 is 0 Å². The van der Waals surface area contributed by atoms with Crippen LogP contribution in [0.4, 0.5) is 0 Å². The lowest BCUT2D eigenvalue weighted by atomic mass is 9.82. The summed E-state index contributed by atoms with van der Waals surface area (Å²) in [6, 6.07) is 25.9. The number of hydrogen-bond donors (Lipinski definition) is 0. The molecule has 0 aliphatic carbocycles. The number of aryl methyl sites for hydroxylation is 1. The molecule has 3 heterocycles. The van der Waals surface area contributed by atoms with Gasteiger partial charge in [0.1, 0.15) is 11.3 Å². The molecule has 0 saturated heterocycles. The summed E-state index contributed by atoms with van der Waals surface area (Å²) in [5, 5.41) is 4.91. The molecular formula is C30H25NOS. The van der Waals surface area contributed by atoms with Crippen LogP contribution in [0.25, 0.3) is 53.7 Å². The summed E-state index contributed by atoms with van der Waals surface area (Å²) < 4.78 is 7.49. The maximum atomic E-state index is 6.27.